The smallest absolute Gasteiger partial charge is 0.313 e. The quantitative estimate of drug-likeness (QED) is 0.0754. The highest BCUT2D eigenvalue weighted by atomic mass is 31.3. The van der Waals surface area contributed by atoms with Gasteiger partial charge in [0, 0.05) is 106 Å². The van der Waals surface area contributed by atoms with Crippen LogP contribution in [-0.2, 0) is 0 Å². The zero-order chi connectivity index (χ0) is 38.5. The Hall–Kier alpha value is -0.570. The van der Waals surface area contributed by atoms with Crippen LogP contribution in [0.1, 0.15) is 116 Å². The van der Waals surface area contributed by atoms with Crippen LogP contribution in [0, 0.1) is 0 Å². The molecule has 0 amide bonds. The van der Waals surface area contributed by atoms with Crippen molar-refractivity contribution in [1.29, 1.82) is 0 Å². The van der Waals surface area contributed by atoms with Crippen LogP contribution < -0.4 is 21.3 Å². The maximum atomic E-state index is 6.42. The molecule has 2 rings (SSSR count). The Labute approximate surface area is 317 Å². The molecule has 0 saturated heterocycles. The van der Waals surface area contributed by atoms with E-state index in [1.807, 2.05) is 0 Å². The van der Waals surface area contributed by atoms with Gasteiger partial charge in [-0.2, -0.15) is 9.34 Å². The van der Waals surface area contributed by atoms with Crippen molar-refractivity contribution in [2.24, 2.45) is 4.76 Å². The van der Waals surface area contributed by atoms with E-state index in [1.165, 1.54) is 11.0 Å². The number of nitrogens with one attached hydrogen (secondary N) is 4. The van der Waals surface area contributed by atoms with Crippen LogP contribution in [0.15, 0.2) is 35.1 Å². The molecule has 1 heterocycles. The molecule has 0 aliphatic carbocycles. The zero-order valence-corrected chi connectivity index (χ0v) is 37.8. The SMILES string of the molecule is CC(C)NCCN(C(C)C)[P+]1(N(CCNC(C)C)C(C)C)C[P+](N(CCNC(C)C)C(C)C)(N(CCNC(C)C)C(C)C)C(c2ccccc2)=N1. The van der Waals surface area contributed by atoms with Crippen molar-refractivity contribution in [3.8, 4) is 0 Å². The fourth-order valence-corrected chi connectivity index (χ4v) is 21.0. The molecule has 296 valence electrons. The number of nitrogens with zero attached hydrogens (tertiary/aromatic N) is 5. The first-order valence-electron chi connectivity index (χ1n) is 20.3. The van der Waals surface area contributed by atoms with Gasteiger partial charge in [0.25, 0.3) is 18.9 Å². The summed E-state index contributed by atoms with van der Waals surface area (Å²) in [6.07, 6.45) is 0. The third-order valence-corrected chi connectivity index (χ3v) is 20.4. The van der Waals surface area contributed by atoms with Gasteiger partial charge in [-0.1, -0.05) is 73.6 Å². The average molecular weight is 752 g/mol. The van der Waals surface area contributed by atoms with Crippen molar-refractivity contribution in [3.63, 3.8) is 0 Å². The number of rotatable bonds is 25. The normalized spacial score (nSPS) is 16.5. The van der Waals surface area contributed by atoms with Gasteiger partial charge in [0.15, 0.2) is 0 Å². The third kappa shape index (κ3) is 13.0. The second-order valence-corrected chi connectivity index (χ2v) is 23.5. The molecule has 0 atom stereocenters. The lowest BCUT2D eigenvalue weighted by molar-refractivity contribution is 0.290. The molecule has 1 aromatic carbocycles. The van der Waals surface area contributed by atoms with Gasteiger partial charge >= 0.3 is 7.71 Å². The summed E-state index contributed by atoms with van der Waals surface area (Å²) in [5.74, 6) is 1.07. The van der Waals surface area contributed by atoms with Crippen LogP contribution in [0.5, 0.6) is 0 Å². The predicted octanol–water partition coefficient (Wildman–Crippen LogP) is 7.85. The Morgan fingerprint density at radius 3 is 1.10 bits per heavy atom. The molecule has 0 radical (unpaired) electrons. The molecule has 0 aromatic heterocycles. The van der Waals surface area contributed by atoms with Gasteiger partial charge in [0.05, 0.1) is 0 Å². The van der Waals surface area contributed by atoms with Gasteiger partial charge in [0.1, 0.15) is 0 Å². The number of hydrogen-bond acceptors (Lipinski definition) is 9. The Morgan fingerprint density at radius 2 is 0.804 bits per heavy atom. The minimum Gasteiger partial charge on any atom is -0.313 e. The Balaban J connectivity index is 3.11. The first-order chi connectivity index (χ1) is 23.9. The molecule has 1 aliphatic heterocycles. The van der Waals surface area contributed by atoms with Crippen LogP contribution in [-0.4, -0.2) is 131 Å². The number of hydrogen-bond donors (Lipinski definition) is 4. The summed E-state index contributed by atoms with van der Waals surface area (Å²) in [6.45, 7) is 45.3. The summed E-state index contributed by atoms with van der Waals surface area (Å²) in [7, 11) is -4.61. The highest BCUT2D eigenvalue weighted by molar-refractivity contribution is 8.00. The molecule has 0 fully saturated rings. The Morgan fingerprint density at radius 1 is 0.490 bits per heavy atom. The van der Waals surface area contributed by atoms with Crippen molar-refractivity contribution >= 4 is 20.7 Å². The molecular weight excluding hydrogens is 668 g/mol. The fraction of sp³-hybridized carbons (Fsp3) is 0.825. The molecular formula is C40H83N9P2+2. The molecule has 9 nitrogen and oxygen atoms in total. The molecule has 0 unspecified atom stereocenters. The van der Waals surface area contributed by atoms with Crippen molar-refractivity contribution in [2.75, 3.05) is 58.3 Å². The van der Waals surface area contributed by atoms with Crippen LogP contribution in [0.2, 0.25) is 0 Å². The first-order valence-corrected chi connectivity index (χ1v) is 24.1. The third-order valence-electron chi connectivity index (χ3n) is 9.64. The molecule has 0 spiro atoms. The largest absolute Gasteiger partial charge is 0.322 e. The van der Waals surface area contributed by atoms with Gasteiger partial charge < -0.3 is 21.3 Å². The summed E-state index contributed by atoms with van der Waals surface area (Å²) in [4.78, 5) is 0. The highest BCUT2D eigenvalue weighted by Gasteiger charge is 2.75. The van der Waals surface area contributed by atoms with E-state index in [2.05, 4.69) is 181 Å². The minimum atomic E-state index is -2.33. The topological polar surface area (TPSA) is 73.4 Å². The second-order valence-electron chi connectivity index (χ2n) is 16.8. The lowest BCUT2D eigenvalue weighted by Crippen LogP contribution is -2.51. The van der Waals surface area contributed by atoms with E-state index in [9.17, 15) is 0 Å². The van der Waals surface area contributed by atoms with E-state index in [-0.39, 0.29) is 0 Å². The maximum absolute atomic E-state index is 6.42. The van der Waals surface area contributed by atoms with Crippen molar-refractivity contribution < 1.29 is 0 Å². The summed E-state index contributed by atoms with van der Waals surface area (Å²) in [5.41, 5.74) is 2.66. The summed E-state index contributed by atoms with van der Waals surface area (Å²) < 4.78 is 18.1. The molecule has 0 saturated carbocycles. The van der Waals surface area contributed by atoms with Gasteiger partial charge in [-0.15, -0.1) is 9.34 Å². The minimum absolute atomic E-state index is 0.345. The lowest BCUT2D eigenvalue weighted by Gasteiger charge is -2.46. The van der Waals surface area contributed by atoms with E-state index in [4.69, 9.17) is 4.76 Å². The van der Waals surface area contributed by atoms with Crippen molar-refractivity contribution in [2.45, 2.75) is 159 Å². The van der Waals surface area contributed by atoms with E-state index in [0.717, 1.165) is 58.3 Å². The maximum Gasteiger partial charge on any atom is 0.322 e. The fourth-order valence-electron chi connectivity index (χ4n) is 7.48. The van der Waals surface area contributed by atoms with Crippen molar-refractivity contribution in [1.82, 2.24) is 39.9 Å². The standard InChI is InChI=1S/C40H83N9P2/c1-31(2)41-22-26-46(35(9)10)50(47(36(11)12)27-23-42-32(3)4)30-51(45-40(50)39-20-18-17-19-21-39,48(37(13)14)28-24-43-33(5)6)49(38(15)16)29-25-44-34(7)8/h17-21,31-38,41-44H,22-30H2,1-16H3/q+2. The van der Waals surface area contributed by atoms with E-state index < -0.39 is 15.3 Å². The van der Waals surface area contributed by atoms with E-state index >= 15 is 0 Å². The molecule has 1 aromatic rings. The molecule has 1 aliphatic rings. The zero-order valence-electron chi connectivity index (χ0n) is 36.0. The first kappa shape index (κ1) is 46.6. The van der Waals surface area contributed by atoms with Gasteiger partial charge in [-0.3, -0.25) is 0 Å². The van der Waals surface area contributed by atoms with Gasteiger partial charge in [0.2, 0.25) is 0 Å². The Bertz CT molecular complexity index is 1070. The number of benzene rings is 1. The van der Waals surface area contributed by atoms with E-state index in [1.54, 1.807) is 0 Å². The lowest BCUT2D eigenvalue weighted by atomic mass is 10.2. The monoisotopic (exact) mass is 752 g/mol. The summed E-state index contributed by atoms with van der Waals surface area (Å²) in [5, 5.41) is 15.2. The van der Waals surface area contributed by atoms with E-state index in [0.29, 0.717) is 48.3 Å². The average Bonchev–Trinajstić information content (AvgIpc) is 3.37. The van der Waals surface area contributed by atoms with Crippen LogP contribution in [0.25, 0.3) is 0 Å². The molecule has 0 bridgehead atoms. The van der Waals surface area contributed by atoms with Gasteiger partial charge in [-0.05, 0) is 72.3 Å². The van der Waals surface area contributed by atoms with Crippen LogP contribution >= 0.6 is 15.3 Å². The second kappa shape index (κ2) is 22.1. The van der Waals surface area contributed by atoms with Crippen molar-refractivity contribution in [3.05, 3.63) is 35.9 Å². The predicted molar refractivity (Wildman–Crippen MR) is 232 cm³/mol. The summed E-state index contributed by atoms with van der Waals surface area (Å²) in [6, 6.07) is 14.5. The van der Waals surface area contributed by atoms with Crippen LogP contribution in [0.4, 0.5) is 0 Å². The summed E-state index contributed by atoms with van der Waals surface area (Å²) >= 11 is 0. The highest BCUT2D eigenvalue weighted by Crippen LogP contribution is 2.87. The Kier molecular flexibility index (Phi) is 20.2. The molecule has 11 heteroatoms. The van der Waals surface area contributed by atoms with Crippen LogP contribution in [0.3, 0.4) is 0 Å². The molecule has 51 heavy (non-hydrogen) atoms. The molecule has 4 N–H and O–H groups in total. The van der Waals surface area contributed by atoms with Gasteiger partial charge in [-0.25, -0.2) is 0 Å².